The van der Waals surface area contributed by atoms with Gasteiger partial charge in [0, 0.05) is 44.9 Å². The summed E-state index contributed by atoms with van der Waals surface area (Å²) in [6, 6.07) is 16.3. The first-order valence-corrected chi connectivity index (χ1v) is 9.99. The van der Waals surface area contributed by atoms with E-state index < -0.39 is 0 Å². The molecule has 0 radical (unpaired) electrons. The number of methoxy groups -OCH3 is 1. The molecule has 6 nitrogen and oxygen atoms in total. The molecule has 1 aliphatic rings. The number of piperidine rings is 1. The first kappa shape index (κ1) is 19.2. The van der Waals surface area contributed by atoms with Gasteiger partial charge in [0.05, 0.1) is 7.11 Å². The number of benzene rings is 2. The Bertz CT molecular complexity index is 994. The molecule has 2 heterocycles. The summed E-state index contributed by atoms with van der Waals surface area (Å²) in [6.45, 7) is 2.16. The van der Waals surface area contributed by atoms with Gasteiger partial charge in [-0.25, -0.2) is 4.98 Å². The van der Waals surface area contributed by atoms with Gasteiger partial charge in [-0.1, -0.05) is 42.5 Å². The van der Waals surface area contributed by atoms with Crippen LogP contribution in [0, 0.1) is 5.92 Å². The van der Waals surface area contributed by atoms with E-state index >= 15 is 0 Å². The van der Waals surface area contributed by atoms with Gasteiger partial charge in [-0.15, -0.1) is 0 Å². The fourth-order valence-corrected chi connectivity index (χ4v) is 4.00. The highest BCUT2D eigenvalue weighted by Crippen LogP contribution is 2.25. The van der Waals surface area contributed by atoms with Crippen LogP contribution in [0.2, 0.25) is 0 Å². The Morgan fingerprint density at radius 1 is 1.14 bits per heavy atom. The van der Waals surface area contributed by atoms with Crippen molar-refractivity contribution in [3.8, 4) is 5.88 Å². The number of amides is 1. The summed E-state index contributed by atoms with van der Waals surface area (Å²) in [5.74, 6) is 1.48. The minimum atomic E-state index is 0.0387. The second-order valence-electron chi connectivity index (χ2n) is 7.49. The smallest absolute Gasteiger partial charge is 0.228 e. The van der Waals surface area contributed by atoms with E-state index in [1.54, 1.807) is 19.4 Å². The molecule has 6 heteroatoms. The molecule has 1 aliphatic heterocycles. The van der Waals surface area contributed by atoms with Crippen LogP contribution in [0.1, 0.15) is 18.4 Å². The molecule has 0 N–H and O–H groups in total. The van der Waals surface area contributed by atoms with E-state index in [0.717, 1.165) is 25.9 Å². The van der Waals surface area contributed by atoms with Crippen molar-refractivity contribution in [1.29, 1.82) is 0 Å². The third-order valence-corrected chi connectivity index (χ3v) is 5.62. The van der Waals surface area contributed by atoms with Gasteiger partial charge in [0.15, 0.2) is 0 Å². The number of fused-ring (bicyclic) bond motifs is 1. The lowest BCUT2D eigenvalue weighted by Crippen LogP contribution is -2.41. The molecule has 150 valence electrons. The molecule has 0 spiro atoms. The van der Waals surface area contributed by atoms with Crippen LogP contribution in [0.25, 0.3) is 10.8 Å². The molecule has 2 aromatic carbocycles. The van der Waals surface area contributed by atoms with E-state index in [1.165, 1.54) is 16.3 Å². The second-order valence-corrected chi connectivity index (χ2v) is 7.49. The van der Waals surface area contributed by atoms with Gasteiger partial charge in [0.1, 0.15) is 0 Å². The van der Waals surface area contributed by atoms with Crippen LogP contribution in [0.5, 0.6) is 5.88 Å². The number of rotatable bonds is 5. The van der Waals surface area contributed by atoms with Gasteiger partial charge in [-0.2, -0.15) is 4.98 Å². The van der Waals surface area contributed by atoms with Crippen molar-refractivity contribution < 1.29 is 9.53 Å². The molecule has 1 aromatic heterocycles. The summed E-state index contributed by atoms with van der Waals surface area (Å²) >= 11 is 0. The van der Waals surface area contributed by atoms with Crippen LogP contribution in [0.15, 0.2) is 54.7 Å². The Morgan fingerprint density at radius 3 is 2.69 bits per heavy atom. The van der Waals surface area contributed by atoms with Crippen molar-refractivity contribution in [2.75, 3.05) is 32.1 Å². The number of hydrogen-bond acceptors (Lipinski definition) is 5. The van der Waals surface area contributed by atoms with E-state index in [-0.39, 0.29) is 11.8 Å². The molecule has 0 aliphatic carbocycles. The predicted molar refractivity (Wildman–Crippen MR) is 114 cm³/mol. The maximum absolute atomic E-state index is 13.0. The monoisotopic (exact) mass is 390 g/mol. The molecule has 3 aromatic rings. The molecule has 1 fully saturated rings. The molecule has 1 amide bonds. The predicted octanol–water partition coefficient (Wildman–Crippen LogP) is 3.51. The largest absolute Gasteiger partial charge is 0.481 e. The van der Waals surface area contributed by atoms with Gasteiger partial charge in [-0.3, -0.25) is 4.79 Å². The summed E-state index contributed by atoms with van der Waals surface area (Å²) in [6.07, 6.45) is 3.31. The maximum atomic E-state index is 13.0. The lowest BCUT2D eigenvalue weighted by molar-refractivity contribution is -0.135. The lowest BCUT2D eigenvalue weighted by Gasteiger charge is -2.33. The molecule has 1 saturated heterocycles. The minimum absolute atomic E-state index is 0.0387. The number of aromatic nitrogens is 2. The Kier molecular flexibility index (Phi) is 5.60. The van der Waals surface area contributed by atoms with Gasteiger partial charge in [0.25, 0.3) is 0 Å². The zero-order valence-corrected chi connectivity index (χ0v) is 16.9. The summed E-state index contributed by atoms with van der Waals surface area (Å²) in [5.41, 5.74) is 1.18. The Labute approximate surface area is 171 Å². The number of hydrogen-bond donors (Lipinski definition) is 0. The zero-order valence-electron chi connectivity index (χ0n) is 16.9. The Hall–Kier alpha value is -3.15. The van der Waals surface area contributed by atoms with E-state index in [4.69, 9.17) is 4.74 Å². The van der Waals surface area contributed by atoms with Gasteiger partial charge >= 0.3 is 0 Å². The Morgan fingerprint density at radius 2 is 1.90 bits per heavy atom. The summed E-state index contributed by atoms with van der Waals surface area (Å²) in [4.78, 5) is 25.8. The van der Waals surface area contributed by atoms with Crippen molar-refractivity contribution in [3.05, 3.63) is 60.3 Å². The minimum Gasteiger partial charge on any atom is -0.481 e. The van der Waals surface area contributed by atoms with Crippen LogP contribution >= 0.6 is 0 Å². The summed E-state index contributed by atoms with van der Waals surface area (Å²) in [5, 5.41) is 2.41. The summed E-state index contributed by atoms with van der Waals surface area (Å²) in [7, 11) is 3.50. The van der Waals surface area contributed by atoms with Crippen molar-refractivity contribution >= 4 is 22.6 Å². The highest BCUT2D eigenvalue weighted by molar-refractivity contribution is 5.86. The quantitative estimate of drug-likeness (QED) is 0.667. The number of carbonyl (C=O) groups is 1. The van der Waals surface area contributed by atoms with Crippen molar-refractivity contribution in [2.24, 2.45) is 5.92 Å². The fourth-order valence-electron chi connectivity index (χ4n) is 4.00. The molecule has 29 heavy (non-hydrogen) atoms. The molecule has 0 unspecified atom stereocenters. The molecular formula is C23H26N4O2. The van der Waals surface area contributed by atoms with E-state index in [9.17, 15) is 4.79 Å². The molecule has 4 rings (SSSR count). The van der Waals surface area contributed by atoms with Gasteiger partial charge in [-0.05, 0) is 29.2 Å². The van der Waals surface area contributed by atoms with Crippen LogP contribution in [-0.2, 0) is 11.3 Å². The van der Waals surface area contributed by atoms with Crippen LogP contribution in [0.3, 0.4) is 0 Å². The van der Waals surface area contributed by atoms with Crippen LogP contribution in [0.4, 0.5) is 5.95 Å². The number of anilines is 1. The highest BCUT2D eigenvalue weighted by Gasteiger charge is 2.28. The van der Waals surface area contributed by atoms with Gasteiger partial charge in [0.2, 0.25) is 17.7 Å². The van der Waals surface area contributed by atoms with E-state index in [1.807, 2.05) is 24.1 Å². The molecular weight excluding hydrogens is 364 g/mol. The zero-order chi connectivity index (χ0) is 20.2. The SMILES string of the molecule is COc1ccnc(N2CCC(C(=O)N(C)Cc3cccc4ccccc34)CC2)n1. The molecule has 0 saturated carbocycles. The standard InChI is InChI=1S/C23H26N4O2/c1-26(16-19-8-5-7-17-6-3-4-9-20(17)19)22(28)18-11-14-27(15-12-18)23-24-13-10-21(25-23)29-2/h3-10,13,18H,11-12,14-16H2,1-2H3. The van der Waals surface area contributed by atoms with Crippen molar-refractivity contribution in [1.82, 2.24) is 14.9 Å². The second kappa shape index (κ2) is 8.47. The third kappa shape index (κ3) is 4.16. The first-order chi connectivity index (χ1) is 14.2. The molecule has 0 atom stereocenters. The number of ether oxygens (including phenoxy) is 1. The topological polar surface area (TPSA) is 58.6 Å². The molecule has 0 bridgehead atoms. The fraction of sp³-hybridized carbons (Fsp3) is 0.348. The van der Waals surface area contributed by atoms with Crippen LogP contribution < -0.4 is 9.64 Å². The normalized spacial score (nSPS) is 14.8. The third-order valence-electron chi connectivity index (χ3n) is 5.62. The Balaban J connectivity index is 1.39. The number of nitrogens with zero attached hydrogens (tertiary/aromatic N) is 4. The summed E-state index contributed by atoms with van der Waals surface area (Å²) < 4.78 is 5.19. The first-order valence-electron chi connectivity index (χ1n) is 9.99. The van der Waals surface area contributed by atoms with Crippen molar-refractivity contribution in [3.63, 3.8) is 0 Å². The van der Waals surface area contributed by atoms with Crippen LogP contribution in [-0.4, -0.2) is 48.0 Å². The number of carbonyl (C=O) groups excluding carboxylic acids is 1. The van der Waals surface area contributed by atoms with E-state index in [0.29, 0.717) is 18.4 Å². The van der Waals surface area contributed by atoms with Crippen molar-refractivity contribution in [2.45, 2.75) is 19.4 Å². The van der Waals surface area contributed by atoms with Gasteiger partial charge < -0.3 is 14.5 Å². The highest BCUT2D eigenvalue weighted by atomic mass is 16.5. The van der Waals surface area contributed by atoms with E-state index in [2.05, 4.69) is 45.2 Å². The maximum Gasteiger partial charge on any atom is 0.228 e. The lowest BCUT2D eigenvalue weighted by atomic mass is 9.95. The average Bonchev–Trinajstić information content (AvgIpc) is 2.79. The average molecular weight is 390 g/mol.